The summed E-state index contributed by atoms with van der Waals surface area (Å²) < 4.78 is 18.1. The third kappa shape index (κ3) is 6.01. The molecule has 1 fully saturated rings. The van der Waals surface area contributed by atoms with Crippen molar-refractivity contribution in [2.24, 2.45) is 5.16 Å². The van der Waals surface area contributed by atoms with E-state index >= 15 is 0 Å². The van der Waals surface area contributed by atoms with Gasteiger partial charge < -0.3 is 39.9 Å². The lowest BCUT2D eigenvalue weighted by Gasteiger charge is -2.33. The third-order valence-electron chi connectivity index (χ3n) is 5.77. The summed E-state index contributed by atoms with van der Waals surface area (Å²) in [7, 11) is 1.47. The van der Waals surface area contributed by atoms with Crippen molar-refractivity contribution >= 4 is 81.4 Å². The van der Waals surface area contributed by atoms with E-state index in [9.17, 15) is 19.8 Å². The van der Waals surface area contributed by atoms with Crippen LogP contribution in [0.5, 0.6) is 5.75 Å². The molecule has 1 aromatic carbocycles. The van der Waals surface area contributed by atoms with Crippen molar-refractivity contribution in [3.05, 3.63) is 47.4 Å². The molecule has 2 heterocycles. The Morgan fingerprint density at radius 1 is 1.32 bits per heavy atom. The molecule has 11 nitrogen and oxygen atoms in total. The maximum absolute atomic E-state index is 12.7. The van der Waals surface area contributed by atoms with Gasteiger partial charge in [0.25, 0.3) is 5.91 Å². The average Bonchev–Trinajstić information content (AvgIpc) is 3.47. The number of cyclic esters (lactones) is 1. The summed E-state index contributed by atoms with van der Waals surface area (Å²) in [4.78, 5) is 29.4. The quantitative estimate of drug-likeness (QED) is 0.315. The monoisotopic (exact) mass is 771 g/mol. The van der Waals surface area contributed by atoms with Gasteiger partial charge in [-0.25, -0.2) is 4.79 Å². The van der Waals surface area contributed by atoms with Gasteiger partial charge in [-0.15, -0.1) is 0 Å². The Morgan fingerprint density at radius 3 is 2.65 bits per heavy atom. The largest absolute Gasteiger partial charge is 0.495 e. The highest BCUT2D eigenvalue weighted by molar-refractivity contribution is 9.12. The van der Waals surface area contributed by atoms with Gasteiger partial charge in [-0.1, -0.05) is 5.16 Å². The Bertz CT molecular complexity index is 1180. The van der Waals surface area contributed by atoms with Crippen molar-refractivity contribution in [1.82, 2.24) is 10.6 Å². The average molecular weight is 775 g/mol. The fourth-order valence-electron chi connectivity index (χ4n) is 3.84. The molecule has 4 N–H and O–H groups in total. The Hall–Kier alpha value is -1.65. The number of nitrogens with zero attached hydrogens (tertiary/aromatic N) is 1. The minimum Gasteiger partial charge on any atom is -0.495 e. The highest BCUT2D eigenvalue weighted by Gasteiger charge is 2.50. The molecule has 0 bridgehead atoms. The van der Waals surface area contributed by atoms with Crippen LogP contribution in [0.15, 0.2) is 47.0 Å². The molecule has 3 aliphatic rings. The maximum atomic E-state index is 12.7. The van der Waals surface area contributed by atoms with Gasteiger partial charge >= 0.3 is 6.09 Å². The molecule has 1 unspecified atom stereocenters. The van der Waals surface area contributed by atoms with Gasteiger partial charge in [0.05, 0.1) is 37.7 Å². The topological polar surface area (TPSA) is 148 Å². The predicted octanol–water partition coefficient (Wildman–Crippen LogP) is 3.27. The summed E-state index contributed by atoms with van der Waals surface area (Å²) in [6, 6.07) is 3.33. The number of hydrogen-bond acceptors (Lipinski definition) is 9. The molecule has 0 saturated carbocycles. The summed E-state index contributed by atoms with van der Waals surface area (Å²) in [5, 5.41) is 30.5. The van der Waals surface area contributed by atoms with E-state index in [-0.39, 0.29) is 25.3 Å². The summed E-state index contributed by atoms with van der Waals surface area (Å²) in [5.74, 6) is 0.353. The van der Waals surface area contributed by atoms with Gasteiger partial charge in [-0.05, 0) is 87.5 Å². The molecule has 0 radical (unpaired) electrons. The SMILES string of the molecule is COC1=C(Br)[C@H](O)[C@@]2(C=C1Br)CC(C(=O)NCC(O)c1cc(Br)c(OC[C@H]3CNC(=O)O3)c(Br)c1)=NO2. The molecule has 200 valence electrons. The highest BCUT2D eigenvalue weighted by Crippen LogP contribution is 2.44. The van der Waals surface area contributed by atoms with Gasteiger partial charge in [-0.2, -0.15) is 0 Å². The van der Waals surface area contributed by atoms with Crippen molar-refractivity contribution in [2.45, 2.75) is 30.3 Å². The summed E-state index contributed by atoms with van der Waals surface area (Å²) >= 11 is 13.5. The van der Waals surface area contributed by atoms with Crippen LogP contribution in [0.2, 0.25) is 0 Å². The van der Waals surface area contributed by atoms with E-state index in [0.717, 1.165) is 0 Å². The number of hydrogen-bond donors (Lipinski definition) is 4. The van der Waals surface area contributed by atoms with Crippen LogP contribution < -0.4 is 15.4 Å². The van der Waals surface area contributed by atoms with E-state index in [1.54, 1.807) is 18.2 Å². The van der Waals surface area contributed by atoms with Crippen molar-refractivity contribution < 1.29 is 38.9 Å². The second-order valence-corrected chi connectivity index (χ2v) is 11.7. The van der Waals surface area contributed by atoms with E-state index in [1.165, 1.54) is 7.11 Å². The molecule has 1 saturated heterocycles. The maximum Gasteiger partial charge on any atom is 0.407 e. The van der Waals surface area contributed by atoms with Gasteiger partial charge in [0.1, 0.15) is 29.9 Å². The Morgan fingerprint density at radius 2 is 2.03 bits per heavy atom. The highest BCUT2D eigenvalue weighted by atomic mass is 79.9. The molecular weight excluding hydrogens is 754 g/mol. The molecule has 15 heteroatoms. The van der Waals surface area contributed by atoms with Crippen LogP contribution in [0, 0.1) is 0 Å². The smallest absolute Gasteiger partial charge is 0.407 e. The Balaban J connectivity index is 1.34. The number of aliphatic hydroxyl groups is 2. The van der Waals surface area contributed by atoms with Crippen molar-refractivity contribution in [3.8, 4) is 5.75 Å². The first-order valence-corrected chi connectivity index (χ1v) is 14.0. The lowest BCUT2D eigenvalue weighted by Crippen LogP contribution is -2.45. The number of carbonyl (C=O) groups is 2. The zero-order valence-electron chi connectivity index (χ0n) is 19.1. The van der Waals surface area contributed by atoms with E-state index in [0.29, 0.717) is 41.5 Å². The predicted molar refractivity (Wildman–Crippen MR) is 145 cm³/mol. The van der Waals surface area contributed by atoms with Crippen LogP contribution in [0.4, 0.5) is 4.79 Å². The van der Waals surface area contributed by atoms with Crippen LogP contribution in [0.25, 0.3) is 0 Å². The molecular formula is C22H21Br4N3O8. The second kappa shape index (κ2) is 11.6. The van der Waals surface area contributed by atoms with E-state index in [2.05, 4.69) is 79.5 Å². The third-order valence-corrected chi connectivity index (χ3v) is 8.33. The number of oxime groups is 1. The first kappa shape index (κ1) is 28.4. The number of nitrogens with one attached hydrogen (secondary N) is 2. The van der Waals surface area contributed by atoms with Gasteiger partial charge in [0, 0.05) is 13.0 Å². The number of ether oxygens (including phenoxy) is 3. The summed E-state index contributed by atoms with van der Waals surface area (Å²) in [5.41, 5.74) is -0.696. The first-order valence-electron chi connectivity index (χ1n) is 10.8. The number of amides is 2. The van der Waals surface area contributed by atoms with Gasteiger partial charge in [-0.3, -0.25) is 4.79 Å². The standard InChI is InChI=1S/C22H21Br4N3O8/c1-34-18-13(25)4-22(19(31)16(18)26)5-14(29-37-22)20(32)27-7-15(30)9-2-11(23)17(12(24)3-9)35-8-10-6-28-21(33)36-10/h2-4,10,15,19,30-31H,5-8H2,1H3,(H,27,32)(H,28,33)/t10-,15?,19+,22-/m1/s1. The lowest BCUT2D eigenvalue weighted by molar-refractivity contribution is -0.115. The van der Waals surface area contributed by atoms with Crippen LogP contribution in [0.3, 0.4) is 0 Å². The fourth-order valence-corrected chi connectivity index (χ4v) is 7.08. The van der Waals surface area contributed by atoms with Crippen molar-refractivity contribution in [3.63, 3.8) is 0 Å². The zero-order chi connectivity index (χ0) is 26.9. The van der Waals surface area contributed by atoms with Crippen molar-refractivity contribution in [1.29, 1.82) is 0 Å². The van der Waals surface area contributed by atoms with Gasteiger partial charge in [0.15, 0.2) is 11.7 Å². The molecule has 2 amide bonds. The minimum absolute atomic E-state index is 0.00620. The molecule has 4 atom stereocenters. The van der Waals surface area contributed by atoms with Gasteiger partial charge in [0.2, 0.25) is 0 Å². The fraction of sp³-hybridized carbons (Fsp3) is 0.409. The van der Waals surface area contributed by atoms with Crippen molar-refractivity contribution in [2.75, 3.05) is 26.8 Å². The molecule has 37 heavy (non-hydrogen) atoms. The van der Waals surface area contributed by atoms with E-state index < -0.39 is 35.9 Å². The molecule has 1 aromatic rings. The molecule has 1 aliphatic carbocycles. The molecule has 4 rings (SSSR count). The van der Waals surface area contributed by atoms with Crippen LogP contribution in [0.1, 0.15) is 18.1 Å². The minimum atomic E-state index is -1.27. The number of methoxy groups -OCH3 is 1. The van der Waals surface area contributed by atoms with Crippen LogP contribution >= 0.6 is 63.7 Å². The number of aliphatic hydroxyl groups excluding tert-OH is 2. The summed E-state index contributed by atoms with van der Waals surface area (Å²) in [6.45, 7) is 0.406. The van der Waals surface area contributed by atoms with E-state index in [1.807, 2.05) is 0 Å². The lowest BCUT2D eigenvalue weighted by atomic mass is 9.87. The number of carbonyl (C=O) groups excluding carboxylic acids is 2. The van der Waals surface area contributed by atoms with Crippen LogP contribution in [-0.4, -0.2) is 72.5 Å². The normalized spacial score (nSPS) is 25.6. The number of halogens is 4. The first-order chi connectivity index (χ1) is 17.5. The summed E-state index contributed by atoms with van der Waals surface area (Å²) in [6.07, 6.45) is -1.47. The number of rotatable bonds is 8. The zero-order valence-corrected chi connectivity index (χ0v) is 25.4. The second-order valence-electron chi connectivity index (χ2n) is 8.30. The Kier molecular flexibility index (Phi) is 8.90. The van der Waals surface area contributed by atoms with E-state index in [4.69, 9.17) is 19.0 Å². The number of allylic oxidation sites excluding steroid dienone is 1. The molecule has 1 spiro atoms. The number of benzene rings is 1. The molecule has 2 aliphatic heterocycles. The Labute approximate surface area is 245 Å². The molecule has 0 aromatic heterocycles. The van der Waals surface area contributed by atoms with Crippen LogP contribution in [-0.2, 0) is 19.1 Å². The number of alkyl carbamates (subject to hydrolysis) is 1.